The molecule has 15 heavy (non-hydrogen) atoms. The Kier molecular flexibility index (Phi) is 3.52. The molecule has 0 fully saturated rings. The van der Waals surface area contributed by atoms with E-state index < -0.39 is 21.8 Å². The van der Waals surface area contributed by atoms with Crippen molar-refractivity contribution in [3.8, 4) is 0 Å². The molecular weight excluding hydrogens is 218 g/mol. The Labute approximate surface area is 88.3 Å². The molecule has 0 unspecified atom stereocenters. The first-order valence-electron chi connectivity index (χ1n) is 4.43. The van der Waals surface area contributed by atoms with Crippen molar-refractivity contribution in [2.75, 3.05) is 12.0 Å². The molecule has 0 spiro atoms. The largest absolute Gasteiger partial charge is 0.480 e. The van der Waals surface area contributed by atoms with E-state index in [-0.39, 0.29) is 12.2 Å². The summed E-state index contributed by atoms with van der Waals surface area (Å²) in [5, 5.41) is 8.93. The Morgan fingerprint density at radius 2 is 1.93 bits per heavy atom. The molecule has 0 aliphatic carbocycles. The van der Waals surface area contributed by atoms with Crippen molar-refractivity contribution < 1.29 is 18.3 Å². The van der Waals surface area contributed by atoms with Crippen LogP contribution >= 0.6 is 0 Å². The van der Waals surface area contributed by atoms with Crippen molar-refractivity contribution in [3.63, 3.8) is 0 Å². The molecule has 1 aromatic heterocycles. The molecular formula is C9H13NO4S. The Hall–Kier alpha value is -1.30. The summed E-state index contributed by atoms with van der Waals surface area (Å²) in [5.41, 5.74) is 0. The summed E-state index contributed by atoms with van der Waals surface area (Å²) < 4.78 is 23.3. The highest BCUT2D eigenvalue weighted by molar-refractivity contribution is 7.90. The fourth-order valence-electron chi connectivity index (χ4n) is 1.28. The number of carboxylic acid groups (broad SMARTS) is 1. The van der Waals surface area contributed by atoms with Gasteiger partial charge in [-0.15, -0.1) is 0 Å². The standard InChI is InChI=1S/C9H13NO4S/c1-15(13,14)7-4-8(9(11)12)10-5-2-3-6-10/h2-3,5-6,8H,4,7H2,1H3,(H,11,12)/t8-/m1/s1. The third kappa shape index (κ3) is 3.75. The van der Waals surface area contributed by atoms with Gasteiger partial charge in [0.25, 0.3) is 0 Å². The van der Waals surface area contributed by atoms with E-state index in [4.69, 9.17) is 5.11 Å². The van der Waals surface area contributed by atoms with Crippen LogP contribution < -0.4 is 0 Å². The van der Waals surface area contributed by atoms with Gasteiger partial charge in [0.2, 0.25) is 0 Å². The van der Waals surface area contributed by atoms with Crippen LogP contribution in [0.1, 0.15) is 12.5 Å². The van der Waals surface area contributed by atoms with Gasteiger partial charge in [-0.1, -0.05) is 0 Å². The molecule has 1 N–H and O–H groups in total. The van der Waals surface area contributed by atoms with Gasteiger partial charge in [0, 0.05) is 18.6 Å². The number of sulfone groups is 1. The first-order valence-corrected chi connectivity index (χ1v) is 6.49. The van der Waals surface area contributed by atoms with E-state index in [1.54, 1.807) is 24.5 Å². The quantitative estimate of drug-likeness (QED) is 0.802. The van der Waals surface area contributed by atoms with Crippen LogP contribution in [0.4, 0.5) is 0 Å². The van der Waals surface area contributed by atoms with Crippen LogP contribution in [-0.4, -0.2) is 36.1 Å². The Morgan fingerprint density at radius 1 is 1.40 bits per heavy atom. The van der Waals surface area contributed by atoms with Crippen LogP contribution in [0.5, 0.6) is 0 Å². The highest BCUT2D eigenvalue weighted by Crippen LogP contribution is 2.13. The molecule has 6 heteroatoms. The van der Waals surface area contributed by atoms with E-state index in [0.717, 1.165) is 6.26 Å². The summed E-state index contributed by atoms with van der Waals surface area (Å²) in [6.07, 6.45) is 4.41. The Balaban J connectivity index is 2.73. The van der Waals surface area contributed by atoms with Crippen LogP contribution in [0.25, 0.3) is 0 Å². The maximum atomic E-state index is 10.9. The predicted octanol–water partition coefficient (Wildman–Crippen LogP) is 0.548. The second-order valence-corrected chi connectivity index (χ2v) is 5.66. The number of aliphatic carboxylic acids is 1. The van der Waals surface area contributed by atoms with E-state index in [1.807, 2.05) is 0 Å². The van der Waals surface area contributed by atoms with Gasteiger partial charge in [-0.3, -0.25) is 0 Å². The highest BCUT2D eigenvalue weighted by atomic mass is 32.2. The highest BCUT2D eigenvalue weighted by Gasteiger charge is 2.20. The molecule has 0 aromatic carbocycles. The van der Waals surface area contributed by atoms with E-state index in [1.165, 1.54) is 4.57 Å². The molecule has 84 valence electrons. The van der Waals surface area contributed by atoms with Crippen molar-refractivity contribution in [2.45, 2.75) is 12.5 Å². The molecule has 1 atom stereocenters. The summed E-state index contributed by atoms with van der Waals surface area (Å²) in [4.78, 5) is 10.9. The number of carbonyl (C=O) groups is 1. The lowest BCUT2D eigenvalue weighted by Gasteiger charge is -2.13. The molecule has 5 nitrogen and oxygen atoms in total. The first-order chi connectivity index (χ1) is 6.90. The zero-order valence-corrected chi connectivity index (χ0v) is 9.14. The molecule has 1 aromatic rings. The fourth-order valence-corrected chi connectivity index (χ4v) is 1.93. The van der Waals surface area contributed by atoms with Crippen molar-refractivity contribution >= 4 is 15.8 Å². The molecule has 1 heterocycles. The average molecular weight is 231 g/mol. The topological polar surface area (TPSA) is 76.4 Å². The van der Waals surface area contributed by atoms with E-state index in [0.29, 0.717) is 0 Å². The Morgan fingerprint density at radius 3 is 2.33 bits per heavy atom. The van der Waals surface area contributed by atoms with Crippen molar-refractivity contribution in [2.24, 2.45) is 0 Å². The fraction of sp³-hybridized carbons (Fsp3) is 0.444. The second kappa shape index (κ2) is 4.48. The number of nitrogens with zero attached hydrogens (tertiary/aromatic N) is 1. The monoisotopic (exact) mass is 231 g/mol. The van der Waals surface area contributed by atoms with Crippen molar-refractivity contribution in [1.29, 1.82) is 0 Å². The van der Waals surface area contributed by atoms with Gasteiger partial charge < -0.3 is 9.67 Å². The molecule has 0 aliphatic rings. The maximum Gasteiger partial charge on any atom is 0.326 e. The van der Waals surface area contributed by atoms with Gasteiger partial charge in [0.15, 0.2) is 0 Å². The minimum atomic E-state index is -3.12. The summed E-state index contributed by atoms with van der Waals surface area (Å²) >= 11 is 0. The van der Waals surface area contributed by atoms with E-state index in [2.05, 4.69) is 0 Å². The van der Waals surface area contributed by atoms with Gasteiger partial charge in [-0.25, -0.2) is 13.2 Å². The van der Waals surface area contributed by atoms with Crippen LogP contribution in [0.2, 0.25) is 0 Å². The zero-order chi connectivity index (χ0) is 11.5. The molecule has 0 aliphatic heterocycles. The third-order valence-corrected chi connectivity index (χ3v) is 3.01. The van der Waals surface area contributed by atoms with Gasteiger partial charge in [0.05, 0.1) is 5.75 Å². The summed E-state index contributed by atoms with van der Waals surface area (Å²) in [6.45, 7) is 0. The van der Waals surface area contributed by atoms with Gasteiger partial charge in [-0.2, -0.15) is 0 Å². The smallest absolute Gasteiger partial charge is 0.326 e. The number of hydrogen-bond donors (Lipinski definition) is 1. The molecule has 1 rings (SSSR count). The molecule has 0 saturated heterocycles. The van der Waals surface area contributed by atoms with Gasteiger partial charge in [0.1, 0.15) is 15.9 Å². The van der Waals surface area contributed by atoms with E-state index in [9.17, 15) is 13.2 Å². The third-order valence-electron chi connectivity index (χ3n) is 2.03. The van der Waals surface area contributed by atoms with Crippen LogP contribution in [0.3, 0.4) is 0 Å². The SMILES string of the molecule is CS(=O)(=O)CC[C@H](C(=O)O)n1cccc1. The zero-order valence-electron chi connectivity index (χ0n) is 8.33. The lowest BCUT2D eigenvalue weighted by Crippen LogP contribution is -2.21. The lowest BCUT2D eigenvalue weighted by atomic mass is 10.2. The predicted molar refractivity (Wildman–Crippen MR) is 55.4 cm³/mol. The van der Waals surface area contributed by atoms with Crippen molar-refractivity contribution in [3.05, 3.63) is 24.5 Å². The van der Waals surface area contributed by atoms with Gasteiger partial charge in [-0.05, 0) is 18.6 Å². The molecule has 0 radical (unpaired) electrons. The van der Waals surface area contributed by atoms with Crippen LogP contribution in [-0.2, 0) is 14.6 Å². The summed E-state index contributed by atoms with van der Waals surface area (Å²) in [5.74, 6) is -1.14. The average Bonchev–Trinajstić information content (AvgIpc) is 2.54. The van der Waals surface area contributed by atoms with Gasteiger partial charge >= 0.3 is 5.97 Å². The summed E-state index contributed by atoms with van der Waals surface area (Å²) in [7, 11) is -3.12. The minimum Gasteiger partial charge on any atom is -0.480 e. The first kappa shape index (κ1) is 11.8. The second-order valence-electron chi connectivity index (χ2n) is 3.40. The number of carboxylic acids is 1. The number of hydrogen-bond acceptors (Lipinski definition) is 3. The van der Waals surface area contributed by atoms with E-state index >= 15 is 0 Å². The minimum absolute atomic E-state index is 0.0862. The molecule has 0 amide bonds. The molecule has 0 saturated carbocycles. The molecule has 0 bridgehead atoms. The number of rotatable bonds is 5. The number of aromatic nitrogens is 1. The normalized spacial score (nSPS) is 13.7. The van der Waals surface area contributed by atoms with Crippen LogP contribution in [0.15, 0.2) is 24.5 Å². The van der Waals surface area contributed by atoms with Crippen molar-refractivity contribution in [1.82, 2.24) is 4.57 Å². The van der Waals surface area contributed by atoms with Crippen LogP contribution in [0, 0.1) is 0 Å². The Bertz CT molecular complexity index is 421. The summed E-state index contributed by atoms with van der Waals surface area (Å²) in [6, 6.07) is 2.60. The maximum absolute atomic E-state index is 10.9. The lowest BCUT2D eigenvalue weighted by molar-refractivity contribution is -0.140.